The maximum atomic E-state index is 4.82. The molecule has 2 rings (SSSR count). The van der Waals surface area contributed by atoms with Crippen LogP contribution < -0.4 is 10.2 Å². The molecule has 114 valence electrons. The van der Waals surface area contributed by atoms with Gasteiger partial charge in [0.05, 0.1) is 0 Å². The number of hydrogen-bond acceptors (Lipinski definition) is 3. The van der Waals surface area contributed by atoms with Crippen LogP contribution in [0.4, 0.5) is 5.82 Å². The Morgan fingerprint density at radius 3 is 2.48 bits per heavy atom. The maximum Gasteiger partial charge on any atom is 0.129 e. The first kappa shape index (κ1) is 15.8. The number of hydrogen-bond donors (Lipinski definition) is 1. The zero-order valence-electron chi connectivity index (χ0n) is 13.3. The largest absolute Gasteiger partial charge is 0.349 e. The first-order valence-electron chi connectivity index (χ1n) is 7.85. The summed E-state index contributed by atoms with van der Waals surface area (Å²) in [5.74, 6) is 1.45. The van der Waals surface area contributed by atoms with Gasteiger partial charge >= 0.3 is 0 Å². The average Bonchev–Trinajstić information content (AvgIpc) is 3.29. The molecule has 0 radical (unpaired) electrons. The fraction of sp³-hybridized carbons (Fsp3) is 0.500. The monoisotopic (exact) mass is 285 g/mol. The number of anilines is 1. The summed E-state index contributed by atoms with van der Waals surface area (Å²) in [5.41, 5.74) is 2.46. The summed E-state index contributed by atoms with van der Waals surface area (Å²) in [6.45, 7) is 14.6. The van der Waals surface area contributed by atoms with E-state index in [0.29, 0.717) is 5.92 Å². The van der Waals surface area contributed by atoms with Crippen molar-refractivity contribution in [3.05, 3.63) is 48.7 Å². The van der Waals surface area contributed by atoms with E-state index in [4.69, 9.17) is 4.98 Å². The van der Waals surface area contributed by atoms with Crippen molar-refractivity contribution in [3.8, 4) is 0 Å². The van der Waals surface area contributed by atoms with Crippen LogP contribution in [-0.4, -0.2) is 24.1 Å². The van der Waals surface area contributed by atoms with Crippen LogP contribution in [-0.2, 0) is 6.54 Å². The molecule has 1 aliphatic carbocycles. The molecular weight excluding hydrogens is 258 g/mol. The van der Waals surface area contributed by atoms with E-state index >= 15 is 0 Å². The van der Waals surface area contributed by atoms with Crippen LogP contribution in [0.3, 0.4) is 0 Å². The summed E-state index contributed by atoms with van der Waals surface area (Å²) in [6, 6.07) is 5.14. The topological polar surface area (TPSA) is 28.2 Å². The number of nitrogens with zero attached hydrogens (tertiary/aromatic N) is 2. The van der Waals surface area contributed by atoms with E-state index in [1.54, 1.807) is 0 Å². The molecule has 1 N–H and O–H groups in total. The van der Waals surface area contributed by atoms with Gasteiger partial charge < -0.3 is 10.2 Å². The molecule has 1 heterocycles. The van der Waals surface area contributed by atoms with Gasteiger partial charge in [0.25, 0.3) is 0 Å². The predicted molar refractivity (Wildman–Crippen MR) is 90.8 cm³/mol. The number of pyridine rings is 1. The molecule has 1 aromatic rings. The van der Waals surface area contributed by atoms with E-state index in [1.807, 2.05) is 12.2 Å². The molecule has 1 fully saturated rings. The molecule has 21 heavy (non-hydrogen) atoms. The van der Waals surface area contributed by atoms with E-state index in [2.05, 4.69) is 49.4 Å². The van der Waals surface area contributed by atoms with Crippen LogP contribution in [0.2, 0.25) is 0 Å². The van der Waals surface area contributed by atoms with Crippen LogP contribution in [0.5, 0.6) is 0 Å². The van der Waals surface area contributed by atoms with Crippen molar-refractivity contribution in [2.24, 2.45) is 0 Å². The Morgan fingerprint density at radius 2 is 1.95 bits per heavy atom. The molecule has 3 heteroatoms. The van der Waals surface area contributed by atoms with Crippen LogP contribution >= 0.6 is 0 Å². The van der Waals surface area contributed by atoms with Crippen molar-refractivity contribution in [1.82, 2.24) is 10.3 Å². The molecule has 0 aromatic carbocycles. The molecule has 0 aliphatic heterocycles. The number of aromatic nitrogens is 1. The van der Waals surface area contributed by atoms with Gasteiger partial charge in [0.15, 0.2) is 0 Å². The molecule has 0 amide bonds. The first-order valence-corrected chi connectivity index (χ1v) is 7.85. The Labute approximate surface area is 128 Å². The van der Waals surface area contributed by atoms with E-state index < -0.39 is 0 Å². The van der Waals surface area contributed by atoms with Crippen molar-refractivity contribution in [3.63, 3.8) is 0 Å². The van der Waals surface area contributed by atoms with Gasteiger partial charge in [-0.15, -0.1) is 13.2 Å². The second-order valence-corrected chi connectivity index (χ2v) is 6.05. The SMILES string of the molecule is C=CCN(CC=C)c1cc(CNC2CC2)cc(C(C)C)n1. The van der Waals surface area contributed by atoms with Crippen LogP contribution in [0, 0.1) is 0 Å². The lowest BCUT2D eigenvalue weighted by Gasteiger charge is -2.23. The van der Waals surface area contributed by atoms with E-state index in [0.717, 1.165) is 37.2 Å². The van der Waals surface area contributed by atoms with Gasteiger partial charge in [-0.2, -0.15) is 0 Å². The molecule has 0 saturated heterocycles. The molecule has 1 aliphatic rings. The summed E-state index contributed by atoms with van der Waals surface area (Å²) in [6.07, 6.45) is 6.45. The molecule has 0 unspecified atom stereocenters. The third kappa shape index (κ3) is 4.71. The van der Waals surface area contributed by atoms with E-state index in [9.17, 15) is 0 Å². The predicted octanol–water partition coefficient (Wildman–Crippen LogP) is 3.64. The fourth-order valence-corrected chi connectivity index (χ4v) is 2.28. The summed E-state index contributed by atoms with van der Waals surface area (Å²) in [7, 11) is 0. The summed E-state index contributed by atoms with van der Waals surface area (Å²) < 4.78 is 0. The van der Waals surface area contributed by atoms with Crippen molar-refractivity contribution >= 4 is 5.82 Å². The molecule has 3 nitrogen and oxygen atoms in total. The Hall–Kier alpha value is -1.61. The second kappa shape index (κ2) is 7.41. The van der Waals surface area contributed by atoms with Crippen molar-refractivity contribution in [2.75, 3.05) is 18.0 Å². The quantitative estimate of drug-likeness (QED) is 0.702. The lowest BCUT2D eigenvalue weighted by molar-refractivity contribution is 0.683. The van der Waals surface area contributed by atoms with Gasteiger partial charge in [-0.1, -0.05) is 26.0 Å². The maximum absolute atomic E-state index is 4.82. The van der Waals surface area contributed by atoms with Crippen molar-refractivity contribution < 1.29 is 0 Å². The first-order chi connectivity index (χ1) is 10.1. The smallest absolute Gasteiger partial charge is 0.129 e. The van der Waals surface area contributed by atoms with Gasteiger partial charge in [-0.25, -0.2) is 4.98 Å². The van der Waals surface area contributed by atoms with Crippen molar-refractivity contribution in [2.45, 2.75) is 45.2 Å². The molecular formula is C18H27N3. The van der Waals surface area contributed by atoms with Crippen LogP contribution in [0.15, 0.2) is 37.4 Å². The summed E-state index contributed by atoms with van der Waals surface area (Å²) in [4.78, 5) is 7.02. The normalized spacial score (nSPS) is 14.2. The Kier molecular flexibility index (Phi) is 5.57. The lowest BCUT2D eigenvalue weighted by atomic mass is 10.1. The molecule has 1 saturated carbocycles. The highest BCUT2D eigenvalue weighted by atomic mass is 15.2. The standard InChI is InChI=1S/C18H27N3/c1-5-9-21(10-6-2)18-12-15(13-19-16-7-8-16)11-17(20-18)14(3)4/h5-6,11-12,14,16,19H,1-2,7-10,13H2,3-4H3. The highest BCUT2D eigenvalue weighted by molar-refractivity contribution is 5.44. The molecule has 1 aromatic heterocycles. The highest BCUT2D eigenvalue weighted by Gasteiger charge is 2.20. The van der Waals surface area contributed by atoms with E-state index in [-0.39, 0.29) is 0 Å². The number of rotatable bonds is 9. The van der Waals surface area contributed by atoms with Gasteiger partial charge in [-0.05, 0) is 36.5 Å². The minimum Gasteiger partial charge on any atom is -0.349 e. The molecule has 0 atom stereocenters. The van der Waals surface area contributed by atoms with Gasteiger partial charge in [-0.3, -0.25) is 0 Å². The minimum absolute atomic E-state index is 0.430. The van der Waals surface area contributed by atoms with Gasteiger partial charge in [0.1, 0.15) is 5.82 Å². The van der Waals surface area contributed by atoms with Gasteiger partial charge in [0, 0.05) is 31.4 Å². The fourth-order valence-electron chi connectivity index (χ4n) is 2.28. The third-order valence-electron chi connectivity index (χ3n) is 3.68. The average molecular weight is 285 g/mol. The third-order valence-corrected chi connectivity index (χ3v) is 3.68. The van der Waals surface area contributed by atoms with Crippen molar-refractivity contribution in [1.29, 1.82) is 0 Å². The van der Waals surface area contributed by atoms with E-state index in [1.165, 1.54) is 18.4 Å². The lowest BCUT2D eigenvalue weighted by Crippen LogP contribution is -2.25. The minimum atomic E-state index is 0.430. The number of nitrogens with one attached hydrogen (secondary N) is 1. The Balaban J connectivity index is 2.23. The summed E-state index contributed by atoms with van der Waals surface area (Å²) in [5, 5.41) is 3.58. The molecule has 0 spiro atoms. The molecule has 0 bridgehead atoms. The Morgan fingerprint density at radius 1 is 1.29 bits per heavy atom. The zero-order chi connectivity index (χ0) is 15.2. The van der Waals surface area contributed by atoms with Crippen LogP contribution in [0.25, 0.3) is 0 Å². The summed E-state index contributed by atoms with van der Waals surface area (Å²) >= 11 is 0. The zero-order valence-corrected chi connectivity index (χ0v) is 13.3. The van der Waals surface area contributed by atoms with Gasteiger partial charge in [0.2, 0.25) is 0 Å². The van der Waals surface area contributed by atoms with Crippen LogP contribution in [0.1, 0.15) is 43.9 Å². The Bertz CT molecular complexity index is 479. The highest BCUT2D eigenvalue weighted by Crippen LogP contribution is 2.23. The second-order valence-electron chi connectivity index (χ2n) is 6.05.